The Labute approximate surface area is 196 Å². The van der Waals surface area contributed by atoms with E-state index in [4.69, 9.17) is 16.3 Å². The van der Waals surface area contributed by atoms with Crippen LogP contribution in [0.2, 0.25) is 5.02 Å². The number of hydrogen-bond donors (Lipinski definition) is 1. The number of nitro benzene ring substituents is 1. The summed E-state index contributed by atoms with van der Waals surface area (Å²) in [7, 11) is 1.54. The molecule has 0 radical (unpaired) electrons. The van der Waals surface area contributed by atoms with Crippen LogP contribution in [0.4, 0.5) is 17.1 Å². The Bertz CT molecular complexity index is 1200. The van der Waals surface area contributed by atoms with Crippen LogP contribution in [0.1, 0.15) is 6.92 Å². The van der Waals surface area contributed by atoms with Crippen LogP contribution in [-0.2, 0) is 4.79 Å². The van der Waals surface area contributed by atoms with Gasteiger partial charge in [0.1, 0.15) is 5.75 Å². The Kier molecular flexibility index (Phi) is 6.62. The van der Waals surface area contributed by atoms with Crippen molar-refractivity contribution in [1.29, 1.82) is 0 Å². The molecule has 0 unspecified atom stereocenters. The molecule has 0 bridgehead atoms. The van der Waals surface area contributed by atoms with E-state index in [2.05, 4.69) is 20.1 Å². The molecule has 1 aromatic heterocycles. The van der Waals surface area contributed by atoms with E-state index in [1.54, 1.807) is 36.5 Å². The van der Waals surface area contributed by atoms with Gasteiger partial charge in [-0.2, -0.15) is 0 Å². The van der Waals surface area contributed by atoms with E-state index in [0.717, 1.165) is 11.1 Å². The Hall–Kier alpha value is -3.43. The predicted molar refractivity (Wildman–Crippen MR) is 128 cm³/mol. The number of nitrogens with zero attached hydrogens (tertiary/aromatic N) is 4. The normalized spacial score (nSPS) is 15.3. The first-order valence-electron chi connectivity index (χ1n) is 10.5. The quantitative estimate of drug-likeness (QED) is 0.430. The lowest BCUT2D eigenvalue weighted by atomic mass is 10.1. The lowest BCUT2D eigenvalue weighted by Crippen LogP contribution is -2.52. The highest BCUT2D eigenvalue weighted by atomic mass is 35.5. The predicted octanol–water partition coefficient (Wildman–Crippen LogP) is 3.95. The zero-order valence-electron chi connectivity index (χ0n) is 18.3. The summed E-state index contributed by atoms with van der Waals surface area (Å²) in [5, 5.41) is 16.0. The zero-order valence-corrected chi connectivity index (χ0v) is 19.1. The lowest BCUT2D eigenvalue weighted by molar-refractivity contribution is -0.383. The summed E-state index contributed by atoms with van der Waals surface area (Å²) in [5.74, 6) is 0.435. The standard InChI is InChI=1S/C23H24ClN5O4/c1-15(23(30)26-16-3-6-22(33-2)19(24)13-16)27-9-11-28(12-10-27)20-4-5-21(29(31)32)18-14-25-8-7-17(18)20/h3-8,13-15H,9-12H2,1-2H3,(H,26,30)/t15-/m1/s1. The Morgan fingerprint density at radius 3 is 2.61 bits per heavy atom. The maximum Gasteiger partial charge on any atom is 0.278 e. The van der Waals surface area contributed by atoms with Crippen LogP contribution < -0.4 is 15.0 Å². The van der Waals surface area contributed by atoms with Gasteiger partial charge in [0.05, 0.1) is 28.5 Å². The van der Waals surface area contributed by atoms with Crippen LogP contribution in [0, 0.1) is 10.1 Å². The molecule has 9 nitrogen and oxygen atoms in total. The molecule has 0 saturated carbocycles. The van der Waals surface area contributed by atoms with Crippen LogP contribution in [0.15, 0.2) is 48.8 Å². The SMILES string of the molecule is COc1ccc(NC(=O)[C@@H](C)N2CCN(c3ccc([N+](=O)[O-])c4cnccc34)CC2)cc1Cl. The van der Waals surface area contributed by atoms with Gasteiger partial charge in [-0.1, -0.05) is 11.6 Å². The van der Waals surface area contributed by atoms with E-state index in [9.17, 15) is 14.9 Å². The minimum atomic E-state index is -0.387. The zero-order chi connectivity index (χ0) is 23.5. The fraction of sp³-hybridized carbons (Fsp3) is 0.304. The molecule has 1 amide bonds. The van der Waals surface area contributed by atoms with Gasteiger partial charge in [0.25, 0.3) is 5.69 Å². The summed E-state index contributed by atoms with van der Waals surface area (Å²) in [4.78, 5) is 32.1. The molecule has 1 N–H and O–H groups in total. The van der Waals surface area contributed by atoms with Gasteiger partial charge in [0.2, 0.25) is 5.91 Å². The molecule has 1 atom stereocenters. The van der Waals surface area contributed by atoms with Crippen LogP contribution in [0.25, 0.3) is 10.8 Å². The van der Waals surface area contributed by atoms with Crippen LogP contribution in [0.3, 0.4) is 0 Å². The maximum absolute atomic E-state index is 12.8. The molecular formula is C23H24ClN5O4. The number of aromatic nitrogens is 1. The van der Waals surface area contributed by atoms with E-state index in [-0.39, 0.29) is 22.6 Å². The van der Waals surface area contributed by atoms with Gasteiger partial charge >= 0.3 is 0 Å². The fourth-order valence-corrected chi connectivity index (χ4v) is 4.36. The number of nitrogens with one attached hydrogen (secondary N) is 1. The summed E-state index contributed by atoms with van der Waals surface area (Å²) in [6.45, 7) is 4.63. The van der Waals surface area contributed by atoms with Gasteiger partial charge in [-0.05, 0) is 37.3 Å². The lowest BCUT2D eigenvalue weighted by Gasteiger charge is -2.38. The number of benzene rings is 2. The molecule has 2 heterocycles. The number of pyridine rings is 1. The maximum atomic E-state index is 12.8. The molecule has 1 saturated heterocycles. The van der Waals surface area contributed by atoms with Crippen molar-refractivity contribution < 1.29 is 14.5 Å². The second-order valence-electron chi connectivity index (χ2n) is 7.82. The van der Waals surface area contributed by atoms with Crippen molar-refractivity contribution >= 4 is 45.3 Å². The van der Waals surface area contributed by atoms with Crippen molar-refractivity contribution in [2.45, 2.75) is 13.0 Å². The van der Waals surface area contributed by atoms with Crippen molar-refractivity contribution in [3.63, 3.8) is 0 Å². The summed E-state index contributed by atoms with van der Waals surface area (Å²) in [6.07, 6.45) is 3.18. The molecular weight excluding hydrogens is 446 g/mol. The highest BCUT2D eigenvalue weighted by molar-refractivity contribution is 6.32. The summed E-state index contributed by atoms with van der Waals surface area (Å²) >= 11 is 6.15. The van der Waals surface area contributed by atoms with Gasteiger partial charge in [-0.3, -0.25) is 24.8 Å². The summed E-state index contributed by atoms with van der Waals surface area (Å²) < 4.78 is 5.14. The number of halogens is 1. The van der Waals surface area contributed by atoms with E-state index in [1.165, 1.54) is 19.4 Å². The molecule has 172 valence electrons. The first-order valence-corrected chi connectivity index (χ1v) is 10.9. The van der Waals surface area contributed by atoms with Crippen LogP contribution in [0.5, 0.6) is 5.75 Å². The number of methoxy groups -OCH3 is 1. The second kappa shape index (κ2) is 9.60. The van der Waals surface area contributed by atoms with Gasteiger partial charge in [0.15, 0.2) is 0 Å². The fourth-order valence-electron chi connectivity index (χ4n) is 4.10. The Morgan fingerprint density at radius 1 is 1.18 bits per heavy atom. The average Bonchev–Trinajstić information content (AvgIpc) is 2.83. The number of carbonyl (C=O) groups is 1. The molecule has 10 heteroatoms. The number of rotatable bonds is 6. The van der Waals surface area contributed by atoms with E-state index in [0.29, 0.717) is 48.0 Å². The number of amides is 1. The number of ether oxygens (including phenoxy) is 1. The average molecular weight is 470 g/mol. The number of anilines is 2. The van der Waals surface area contributed by atoms with Gasteiger partial charge in [-0.15, -0.1) is 0 Å². The smallest absolute Gasteiger partial charge is 0.278 e. The topological polar surface area (TPSA) is 101 Å². The minimum absolute atomic E-state index is 0.0458. The minimum Gasteiger partial charge on any atom is -0.495 e. The van der Waals surface area contributed by atoms with Crippen LogP contribution in [-0.4, -0.2) is 60.0 Å². The highest BCUT2D eigenvalue weighted by Gasteiger charge is 2.27. The monoisotopic (exact) mass is 469 g/mol. The van der Waals surface area contributed by atoms with Crippen molar-refractivity contribution in [3.8, 4) is 5.75 Å². The van der Waals surface area contributed by atoms with Crippen molar-refractivity contribution in [2.75, 3.05) is 43.5 Å². The van der Waals surface area contributed by atoms with Crippen molar-refractivity contribution in [1.82, 2.24) is 9.88 Å². The number of fused-ring (bicyclic) bond motifs is 1. The molecule has 1 aliphatic rings. The van der Waals surface area contributed by atoms with Gasteiger partial charge < -0.3 is 15.0 Å². The number of piperazine rings is 1. The summed E-state index contributed by atoms with van der Waals surface area (Å²) in [6, 6.07) is 9.93. The van der Waals surface area contributed by atoms with E-state index < -0.39 is 0 Å². The largest absolute Gasteiger partial charge is 0.495 e. The van der Waals surface area contributed by atoms with Crippen LogP contribution >= 0.6 is 11.6 Å². The van der Waals surface area contributed by atoms with Gasteiger partial charge in [0, 0.05) is 61.4 Å². The first kappa shape index (κ1) is 22.8. The second-order valence-corrected chi connectivity index (χ2v) is 8.23. The third-order valence-corrected chi connectivity index (χ3v) is 6.27. The van der Waals surface area contributed by atoms with E-state index >= 15 is 0 Å². The molecule has 1 fully saturated rings. The highest BCUT2D eigenvalue weighted by Crippen LogP contribution is 2.33. The van der Waals surface area contributed by atoms with E-state index in [1.807, 2.05) is 6.92 Å². The third kappa shape index (κ3) is 4.69. The third-order valence-electron chi connectivity index (χ3n) is 5.97. The Balaban J connectivity index is 1.42. The molecule has 4 rings (SSSR count). The Morgan fingerprint density at radius 2 is 1.94 bits per heavy atom. The number of nitro groups is 1. The van der Waals surface area contributed by atoms with Crippen molar-refractivity contribution in [3.05, 3.63) is 63.9 Å². The number of carbonyl (C=O) groups excluding carboxylic acids is 1. The molecule has 2 aromatic carbocycles. The summed E-state index contributed by atoms with van der Waals surface area (Å²) in [5.41, 5.74) is 1.59. The molecule has 0 spiro atoms. The molecule has 0 aliphatic carbocycles. The number of non-ortho nitro benzene ring substituents is 1. The van der Waals surface area contributed by atoms with Gasteiger partial charge in [-0.25, -0.2) is 0 Å². The molecule has 3 aromatic rings. The first-order chi connectivity index (χ1) is 15.9. The molecule has 1 aliphatic heterocycles. The number of hydrogen-bond acceptors (Lipinski definition) is 7. The molecule has 33 heavy (non-hydrogen) atoms. The van der Waals surface area contributed by atoms with Crippen molar-refractivity contribution in [2.24, 2.45) is 0 Å².